The Balaban J connectivity index is 1.98. The van der Waals surface area contributed by atoms with Gasteiger partial charge in [-0.2, -0.15) is 0 Å². The summed E-state index contributed by atoms with van der Waals surface area (Å²) in [6, 6.07) is 4.51. The van der Waals surface area contributed by atoms with Crippen LogP contribution in [0.2, 0.25) is 5.02 Å². The predicted octanol–water partition coefficient (Wildman–Crippen LogP) is 1.22. The number of likely N-dealkylation sites (tertiary alicyclic amines) is 1. The number of amides is 2. The van der Waals surface area contributed by atoms with E-state index in [-0.39, 0.29) is 34.9 Å². The number of ether oxygens (including phenoxy) is 1. The van der Waals surface area contributed by atoms with Crippen molar-refractivity contribution in [3.05, 3.63) is 23.2 Å². The molecule has 1 saturated heterocycles. The van der Waals surface area contributed by atoms with E-state index in [2.05, 4.69) is 5.32 Å². The van der Waals surface area contributed by atoms with E-state index in [0.29, 0.717) is 12.2 Å². The number of nitrogens with zero attached hydrogens (tertiary/aromatic N) is 1. The third-order valence-corrected chi connectivity index (χ3v) is 3.56. The molecule has 0 bridgehead atoms. The van der Waals surface area contributed by atoms with Crippen LogP contribution in [0.1, 0.15) is 6.42 Å². The summed E-state index contributed by atoms with van der Waals surface area (Å²) in [5.41, 5.74) is 0.458. The van der Waals surface area contributed by atoms with E-state index in [1.54, 1.807) is 13.1 Å². The van der Waals surface area contributed by atoms with Crippen molar-refractivity contribution >= 4 is 35.1 Å². The van der Waals surface area contributed by atoms with Crippen LogP contribution in [-0.2, 0) is 14.4 Å². The average molecular weight is 327 g/mol. The van der Waals surface area contributed by atoms with Gasteiger partial charge < -0.3 is 20.1 Å². The average Bonchev–Trinajstić information content (AvgIpc) is 2.78. The molecule has 0 aromatic heterocycles. The number of carboxylic acid groups (broad SMARTS) is 1. The van der Waals surface area contributed by atoms with Gasteiger partial charge in [-0.25, -0.2) is 4.79 Å². The van der Waals surface area contributed by atoms with Crippen molar-refractivity contribution in [3.8, 4) is 5.75 Å². The number of carbonyl (C=O) groups is 3. The molecule has 2 rings (SSSR count). The molecule has 118 valence electrons. The van der Waals surface area contributed by atoms with Gasteiger partial charge in [-0.05, 0) is 18.2 Å². The van der Waals surface area contributed by atoms with Gasteiger partial charge in [0, 0.05) is 25.7 Å². The van der Waals surface area contributed by atoms with Crippen molar-refractivity contribution in [2.24, 2.45) is 5.92 Å². The van der Waals surface area contributed by atoms with Crippen LogP contribution < -0.4 is 10.1 Å². The maximum absolute atomic E-state index is 12.1. The lowest BCUT2D eigenvalue weighted by Crippen LogP contribution is -2.25. The minimum Gasteiger partial charge on any atom is -0.480 e. The number of halogens is 1. The van der Waals surface area contributed by atoms with Gasteiger partial charge >= 0.3 is 5.97 Å². The molecule has 0 spiro atoms. The molecule has 0 saturated carbocycles. The highest BCUT2D eigenvalue weighted by Crippen LogP contribution is 2.28. The van der Waals surface area contributed by atoms with Crippen LogP contribution in [-0.4, -0.2) is 48.0 Å². The fourth-order valence-corrected chi connectivity index (χ4v) is 2.35. The van der Waals surface area contributed by atoms with Gasteiger partial charge in [-0.15, -0.1) is 0 Å². The lowest BCUT2D eigenvalue weighted by Gasteiger charge is -2.12. The van der Waals surface area contributed by atoms with Crippen LogP contribution in [0.25, 0.3) is 0 Å². The SMILES string of the molecule is CN1CC(C(=O)Nc2ccc(OCC(=O)O)c(Cl)c2)CC1=O. The lowest BCUT2D eigenvalue weighted by molar-refractivity contribution is -0.139. The number of carbonyl (C=O) groups excluding carboxylic acids is 2. The molecule has 2 N–H and O–H groups in total. The maximum Gasteiger partial charge on any atom is 0.341 e. The highest BCUT2D eigenvalue weighted by atomic mass is 35.5. The first-order chi connectivity index (χ1) is 10.4. The molecule has 22 heavy (non-hydrogen) atoms. The van der Waals surface area contributed by atoms with E-state index in [1.807, 2.05) is 0 Å². The Morgan fingerprint density at radius 3 is 2.77 bits per heavy atom. The Kier molecular flexibility index (Phi) is 4.87. The molecular weight excluding hydrogens is 312 g/mol. The second-order valence-electron chi connectivity index (χ2n) is 4.99. The zero-order valence-corrected chi connectivity index (χ0v) is 12.6. The molecule has 1 atom stereocenters. The Labute approximate surface area is 131 Å². The second kappa shape index (κ2) is 6.65. The van der Waals surface area contributed by atoms with Crippen LogP contribution in [0.15, 0.2) is 18.2 Å². The Hall–Kier alpha value is -2.28. The topological polar surface area (TPSA) is 95.9 Å². The van der Waals surface area contributed by atoms with Crippen LogP contribution in [0.4, 0.5) is 5.69 Å². The largest absolute Gasteiger partial charge is 0.480 e. The molecule has 1 unspecified atom stereocenters. The van der Waals surface area contributed by atoms with Gasteiger partial charge in [-0.3, -0.25) is 9.59 Å². The Bertz CT molecular complexity index is 619. The standard InChI is InChI=1S/C14H15ClN2O5/c1-17-6-8(4-12(17)18)14(21)16-9-2-3-11(10(15)5-9)22-7-13(19)20/h2-3,5,8H,4,6-7H2,1H3,(H,16,21)(H,19,20). The number of hydrogen-bond donors (Lipinski definition) is 2. The summed E-state index contributed by atoms with van der Waals surface area (Å²) in [6.07, 6.45) is 0.190. The van der Waals surface area contributed by atoms with E-state index in [4.69, 9.17) is 21.4 Å². The third-order valence-electron chi connectivity index (χ3n) is 3.26. The molecule has 8 heteroatoms. The number of nitrogens with one attached hydrogen (secondary N) is 1. The second-order valence-corrected chi connectivity index (χ2v) is 5.40. The normalized spacial score (nSPS) is 17.5. The highest BCUT2D eigenvalue weighted by molar-refractivity contribution is 6.32. The zero-order chi connectivity index (χ0) is 16.3. The molecule has 7 nitrogen and oxygen atoms in total. The van der Waals surface area contributed by atoms with Gasteiger partial charge in [0.25, 0.3) is 0 Å². The Morgan fingerprint density at radius 2 is 2.23 bits per heavy atom. The van der Waals surface area contributed by atoms with Gasteiger partial charge in [0.05, 0.1) is 10.9 Å². The van der Waals surface area contributed by atoms with E-state index >= 15 is 0 Å². The molecule has 1 heterocycles. The monoisotopic (exact) mass is 326 g/mol. The zero-order valence-electron chi connectivity index (χ0n) is 11.8. The van der Waals surface area contributed by atoms with Gasteiger partial charge in [0.2, 0.25) is 11.8 Å². The summed E-state index contributed by atoms with van der Waals surface area (Å²) in [6.45, 7) is -0.111. The van der Waals surface area contributed by atoms with Gasteiger partial charge in [-0.1, -0.05) is 11.6 Å². The fraction of sp³-hybridized carbons (Fsp3) is 0.357. The van der Waals surface area contributed by atoms with Crippen molar-refractivity contribution in [2.75, 3.05) is 25.5 Å². The first kappa shape index (κ1) is 16.1. The molecule has 0 radical (unpaired) electrons. The molecule has 0 aliphatic carbocycles. The van der Waals surface area contributed by atoms with Crippen LogP contribution in [0.5, 0.6) is 5.75 Å². The minimum atomic E-state index is -1.11. The molecule has 1 aromatic rings. The van der Waals surface area contributed by atoms with Crippen molar-refractivity contribution < 1.29 is 24.2 Å². The molecule has 1 aliphatic heterocycles. The van der Waals surface area contributed by atoms with E-state index in [1.165, 1.54) is 17.0 Å². The molecule has 2 amide bonds. The highest BCUT2D eigenvalue weighted by Gasteiger charge is 2.32. The molecular formula is C14H15ClN2O5. The fourth-order valence-electron chi connectivity index (χ4n) is 2.12. The summed E-state index contributed by atoms with van der Waals surface area (Å²) in [5.74, 6) is -1.59. The van der Waals surface area contributed by atoms with Crippen molar-refractivity contribution in [2.45, 2.75) is 6.42 Å². The van der Waals surface area contributed by atoms with Crippen molar-refractivity contribution in [1.29, 1.82) is 0 Å². The quantitative estimate of drug-likeness (QED) is 0.848. The number of carboxylic acids is 1. The maximum atomic E-state index is 12.1. The van der Waals surface area contributed by atoms with Gasteiger partial charge in [0.15, 0.2) is 6.61 Å². The molecule has 1 fully saturated rings. The summed E-state index contributed by atoms with van der Waals surface area (Å²) in [7, 11) is 1.65. The molecule has 1 aliphatic rings. The summed E-state index contributed by atoms with van der Waals surface area (Å²) in [4.78, 5) is 35.5. The van der Waals surface area contributed by atoms with Crippen molar-refractivity contribution in [1.82, 2.24) is 4.90 Å². The third kappa shape index (κ3) is 3.88. The smallest absolute Gasteiger partial charge is 0.341 e. The minimum absolute atomic E-state index is 0.0596. The lowest BCUT2D eigenvalue weighted by atomic mass is 10.1. The van der Waals surface area contributed by atoms with Crippen molar-refractivity contribution in [3.63, 3.8) is 0 Å². The number of hydrogen-bond acceptors (Lipinski definition) is 4. The molecule has 1 aromatic carbocycles. The number of rotatable bonds is 5. The van der Waals surface area contributed by atoms with E-state index < -0.39 is 12.6 Å². The van der Waals surface area contributed by atoms with Crippen LogP contribution in [0.3, 0.4) is 0 Å². The Morgan fingerprint density at radius 1 is 1.50 bits per heavy atom. The van der Waals surface area contributed by atoms with E-state index in [0.717, 1.165) is 0 Å². The summed E-state index contributed by atoms with van der Waals surface area (Å²) in [5, 5.41) is 11.4. The number of anilines is 1. The van der Waals surface area contributed by atoms with Crippen LogP contribution in [0, 0.1) is 5.92 Å². The summed E-state index contributed by atoms with van der Waals surface area (Å²) >= 11 is 5.97. The number of aliphatic carboxylic acids is 1. The van der Waals surface area contributed by atoms with Gasteiger partial charge in [0.1, 0.15) is 5.75 Å². The predicted molar refractivity (Wildman–Crippen MR) is 79.0 cm³/mol. The number of benzene rings is 1. The first-order valence-corrected chi connectivity index (χ1v) is 6.93. The van der Waals surface area contributed by atoms with Crippen LogP contribution >= 0.6 is 11.6 Å². The first-order valence-electron chi connectivity index (χ1n) is 6.56. The summed E-state index contributed by atoms with van der Waals surface area (Å²) < 4.78 is 4.99. The van der Waals surface area contributed by atoms with E-state index in [9.17, 15) is 14.4 Å².